The average molecular weight is 850 g/mol. The molecule has 17 nitrogen and oxygen atoms in total. The number of rotatable bonds is 25. The van der Waals surface area contributed by atoms with E-state index in [-0.39, 0.29) is 65.9 Å². The predicted molar refractivity (Wildman–Crippen MR) is 154 cm³/mol. The third-order valence-corrected chi connectivity index (χ3v) is 7.80. The minimum Gasteiger partial charge on any atom is -0.606 e. The zero-order chi connectivity index (χ0) is 35.7. The van der Waals surface area contributed by atoms with Gasteiger partial charge in [0.1, 0.15) is 12.7 Å². The SMILES string of the molecule is O=C([O-])CN(CCN(CC(=O)[O-])CC(CO[P+]([O-])(O)OC(Cc1ccccc1)Cc1ccccc1)N(CC(=O)[O-])CC(=O)[O-])CC(=O)[O-].[Gd+3]. The van der Waals surface area contributed by atoms with Gasteiger partial charge in [0.05, 0.1) is 35.9 Å². The summed E-state index contributed by atoms with van der Waals surface area (Å²) in [6.45, 7) is -6.90. The molecule has 19 heteroatoms. The number of benzene rings is 2. The average Bonchev–Trinajstić information content (AvgIpc) is 2.97. The molecular weight excluding hydrogens is 815 g/mol. The second-order valence-corrected chi connectivity index (χ2v) is 12.1. The number of carbonyl (C=O) groups excluding carboxylic acids is 5. The first-order valence-corrected chi connectivity index (χ1v) is 16.0. The van der Waals surface area contributed by atoms with Crippen LogP contribution in [0.3, 0.4) is 0 Å². The van der Waals surface area contributed by atoms with E-state index >= 15 is 0 Å². The second kappa shape index (κ2) is 22.9. The Balaban J connectivity index is 0.0000120. The van der Waals surface area contributed by atoms with Gasteiger partial charge in [-0.25, -0.2) is 0 Å². The van der Waals surface area contributed by atoms with Crippen LogP contribution < -0.4 is 30.4 Å². The molecule has 2 atom stereocenters. The predicted octanol–water partition coefficient (Wildman–Crippen LogP) is -7.07. The van der Waals surface area contributed by atoms with Gasteiger partial charge in [-0.15, -0.1) is 0 Å². The summed E-state index contributed by atoms with van der Waals surface area (Å²) >= 11 is 0. The molecule has 1 N–H and O–H groups in total. The van der Waals surface area contributed by atoms with Crippen molar-refractivity contribution in [2.75, 3.05) is 59.0 Å². The van der Waals surface area contributed by atoms with Gasteiger partial charge in [-0.3, -0.25) is 14.7 Å². The van der Waals surface area contributed by atoms with E-state index in [9.17, 15) is 59.3 Å². The first kappa shape index (κ1) is 44.3. The molecular formula is C30H35GdN3O14P-2. The van der Waals surface area contributed by atoms with Crippen LogP contribution in [0.4, 0.5) is 0 Å². The zero-order valence-electron chi connectivity index (χ0n) is 26.1. The number of carbonyl (C=O) groups is 5. The number of hydrogen-bond acceptors (Lipinski definition) is 17. The molecule has 0 aliphatic heterocycles. The summed E-state index contributed by atoms with van der Waals surface area (Å²) in [7, 11) is -4.97. The molecule has 49 heavy (non-hydrogen) atoms. The van der Waals surface area contributed by atoms with Crippen LogP contribution in [0.1, 0.15) is 11.1 Å². The minimum absolute atomic E-state index is 0. The zero-order valence-corrected chi connectivity index (χ0v) is 29.3. The van der Waals surface area contributed by atoms with Crippen LogP contribution in [0.2, 0.25) is 0 Å². The number of phosphoric acid groups is 1. The van der Waals surface area contributed by atoms with Gasteiger partial charge in [0.15, 0.2) is 0 Å². The van der Waals surface area contributed by atoms with Gasteiger partial charge in [0, 0.05) is 65.2 Å². The van der Waals surface area contributed by atoms with Crippen molar-refractivity contribution in [2.45, 2.75) is 25.0 Å². The summed E-state index contributed by atoms with van der Waals surface area (Å²) in [5, 5.41) is 56.6. The number of aliphatic carboxylic acids is 5. The summed E-state index contributed by atoms with van der Waals surface area (Å²) in [4.78, 5) is 83.2. The first-order valence-electron chi connectivity index (χ1n) is 14.5. The molecule has 0 saturated heterocycles. The Bertz CT molecular complexity index is 1270. The van der Waals surface area contributed by atoms with Crippen molar-refractivity contribution >= 4 is 38.0 Å². The van der Waals surface area contributed by atoms with Gasteiger partial charge >= 0.3 is 48.1 Å². The number of carboxylic acid groups (broad SMARTS) is 5. The smallest absolute Gasteiger partial charge is 0.606 e. The molecule has 0 amide bonds. The van der Waals surface area contributed by atoms with Crippen LogP contribution in [0.25, 0.3) is 0 Å². The van der Waals surface area contributed by atoms with Crippen LogP contribution in [-0.2, 0) is 45.9 Å². The number of nitrogens with zero attached hydrogens (tertiary/aromatic N) is 3. The van der Waals surface area contributed by atoms with Gasteiger partial charge in [0.25, 0.3) is 0 Å². The van der Waals surface area contributed by atoms with Gasteiger partial charge in [0.2, 0.25) is 0 Å². The molecule has 0 aromatic heterocycles. The molecule has 1 radical (unpaired) electrons. The van der Waals surface area contributed by atoms with Crippen molar-refractivity contribution < 1.29 is 108 Å². The molecule has 0 bridgehead atoms. The largest absolute Gasteiger partial charge is 3.00 e. The van der Waals surface area contributed by atoms with Crippen molar-refractivity contribution in [1.29, 1.82) is 0 Å². The van der Waals surface area contributed by atoms with Crippen molar-refractivity contribution in [3.63, 3.8) is 0 Å². The van der Waals surface area contributed by atoms with E-state index in [4.69, 9.17) is 9.05 Å². The molecule has 0 fully saturated rings. The summed E-state index contributed by atoms with van der Waals surface area (Å²) < 4.78 is 10.8. The fraction of sp³-hybridized carbons (Fsp3) is 0.433. The Morgan fingerprint density at radius 1 is 0.653 bits per heavy atom. The van der Waals surface area contributed by atoms with Crippen LogP contribution in [-0.4, -0.2) is 121 Å². The quantitative estimate of drug-likeness (QED) is 0.0909. The molecule has 2 rings (SSSR count). The first-order chi connectivity index (χ1) is 22.6. The molecule has 269 valence electrons. The summed E-state index contributed by atoms with van der Waals surface area (Å²) in [5.41, 5.74) is 1.55. The van der Waals surface area contributed by atoms with E-state index in [1.54, 1.807) is 60.7 Å². The van der Waals surface area contributed by atoms with Gasteiger partial charge < -0.3 is 54.4 Å². The fourth-order valence-electron chi connectivity index (χ4n) is 4.80. The molecule has 2 unspecified atom stereocenters. The number of hydrogen-bond donors (Lipinski definition) is 1. The van der Waals surface area contributed by atoms with Crippen LogP contribution in [0.15, 0.2) is 60.7 Å². The van der Waals surface area contributed by atoms with E-state index in [1.165, 1.54) is 0 Å². The van der Waals surface area contributed by atoms with Gasteiger partial charge in [-0.1, -0.05) is 60.7 Å². The molecule has 2 aromatic rings. The molecule has 2 aromatic carbocycles. The minimum atomic E-state index is -4.97. The molecule has 0 aliphatic carbocycles. The maximum Gasteiger partial charge on any atom is 3.00 e. The summed E-state index contributed by atoms with van der Waals surface area (Å²) in [6, 6.07) is 16.3. The molecule has 0 aliphatic rings. The summed E-state index contributed by atoms with van der Waals surface area (Å²) in [6.07, 6.45) is -0.538. The number of carboxylic acids is 5. The summed E-state index contributed by atoms with van der Waals surface area (Å²) in [5.74, 6) is -8.44. The van der Waals surface area contributed by atoms with E-state index in [0.717, 1.165) is 25.8 Å². The van der Waals surface area contributed by atoms with E-state index in [1.807, 2.05) is 0 Å². The van der Waals surface area contributed by atoms with Gasteiger partial charge in [-0.05, 0) is 11.1 Å². The Morgan fingerprint density at radius 2 is 1.04 bits per heavy atom. The standard InChI is InChI=1S/C30H40N3O14P.Gd/c34-26(35)16-31(11-12-32(17-27(36)37)18-28(38)39)15-24(33(19-29(40)41)20-30(42)43)21-46-48(44,45)47-25(13-22-7-3-1-4-8-22)14-23-9-5-2-6-10-23;/h1-10,24-25H,11-21H2,(H,34,35)(H,36,37)(H,38,39)(H,40,41)(H,42,43)(H,44,45);/q;+3/p-5. The third-order valence-electron chi connectivity index (χ3n) is 6.77. The van der Waals surface area contributed by atoms with Crippen LogP contribution >= 0.6 is 8.17 Å². The van der Waals surface area contributed by atoms with Crippen molar-refractivity contribution in [3.05, 3.63) is 71.8 Å². The van der Waals surface area contributed by atoms with E-state index in [2.05, 4.69) is 0 Å². The van der Waals surface area contributed by atoms with E-state index < -0.39 is 96.0 Å². The van der Waals surface area contributed by atoms with Crippen molar-refractivity contribution in [1.82, 2.24) is 14.7 Å². The van der Waals surface area contributed by atoms with Crippen LogP contribution in [0.5, 0.6) is 0 Å². The number of phosphoric ester groups is 1. The normalized spacial score (nSPS) is 13.2. The maximum absolute atomic E-state index is 13.2. The Kier molecular flexibility index (Phi) is 20.7. The van der Waals surface area contributed by atoms with Crippen LogP contribution in [0, 0.1) is 39.9 Å². The Morgan fingerprint density at radius 3 is 1.45 bits per heavy atom. The topological polar surface area (TPSA) is 272 Å². The fourth-order valence-corrected chi connectivity index (χ4v) is 5.74. The molecule has 0 heterocycles. The third kappa shape index (κ3) is 19.9. The van der Waals surface area contributed by atoms with E-state index in [0.29, 0.717) is 0 Å². The Labute approximate surface area is 315 Å². The Hall–Kier alpha value is -2.74. The van der Waals surface area contributed by atoms with Gasteiger partial charge in [-0.2, -0.15) is 13.9 Å². The molecule has 0 saturated carbocycles. The van der Waals surface area contributed by atoms with Crippen molar-refractivity contribution in [2.24, 2.45) is 0 Å². The second-order valence-electron chi connectivity index (χ2n) is 10.7. The maximum atomic E-state index is 13.2. The monoisotopic (exact) mass is 850 g/mol. The molecule has 0 spiro atoms. The van der Waals surface area contributed by atoms with Crippen molar-refractivity contribution in [3.8, 4) is 0 Å².